The first-order valence-corrected chi connectivity index (χ1v) is 7.64. The van der Waals surface area contributed by atoms with Gasteiger partial charge in [0.25, 0.3) is 0 Å². The summed E-state index contributed by atoms with van der Waals surface area (Å²) >= 11 is 5.76. The number of rotatable bonds is 5. The van der Waals surface area contributed by atoms with Crippen LogP contribution in [0.2, 0.25) is 5.02 Å². The standard InChI is InChI=1S/C15H20ClNO6/c16-9-1-3-10(4-2-9)23-6-5-13(20)17-7-12(19)15(22)14(21)11(17)8-18/h1-4,11-12,14-15,18-19,21-22H,5-8H2/t11-,12+,14-,15-/m1/s1. The number of aliphatic hydroxyl groups excluding tert-OH is 4. The van der Waals surface area contributed by atoms with Gasteiger partial charge in [-0.25, -0.2) is 0 Å². The van der Waals surface area contributed by atoms with Crippen molar-refractivity contribution in [1.82, 2.24) is 4.90 Å². The van der Waals surface area contributed by atoms with E-state index in [0.717, 1.165) is 0 Å². The minimum Gasteiger partial charge on any atom is -0.493 e. The fourth-order valence-electron chi connectivity index (χ4n) is 2.51. The van der Waals surface area contributed by atoms with Gasteiger partial charge in [-0.2, -0.15) is 0 Å². The predicted octanol–water partition coefficient (Wildman–Crippen LogP) is -0.605. The van der Waals surface area contributed by atoms with E-state index in [4.69, 9.17) is 16.3 Å². The van der Waals surface area contributed by atoms with E-state index in [1.807, 2.05) is 0 Å². The number of aliphatic hydroxyl groups is 4. The van der Waals surface area contributed by atoms with Crippen molar-refractivity contribution in [1.29, 1.82) is 0 Å². The van der Waals surface area contributed by atoms with E-state index < -0.39 is 31.0 Å². The minimum absolute atomic E-state index is 0.00859. The van der Waals surface area contributed by atoms with Crippen molar-refractivity contribution >= 4 is 17.5 Å². The van der Waals surface area contributed by atoms with Gasteiger partial charge in [-0.3, -0.25) is 4.79 Å². The second-order valence-corrected chi connectivity index (χ2v) is 5.83. The third-order valence-electron chi connectivity index (χ3n) is 3.83. The number of halogens is 1. The Morgan fingerprint density at radius 1 is 1.22 bits per heavy atom. The van der Waals surface area contributed by atoms with Gasteiger partial charge in [0, 0.05) is 11.6 Å². The number of nitrogens with zero attached hydrogens (tertiary/aromatic N) is 1. The average Bonchev–Trinajstić information content (AvgIpc) is 2.54. The number of carbonyl (C=O) groups is 1. The Labute approximate surface area is 138 Å². The summed E-state index contributed by atoms with van der Waals surface area (Å²) in [4.78, 5) is 13.4. The number of ether oxygens (including phenoxy) is 1. The zero-order valence-corrected chi connectivity index (χ0v) is 13.1. The molecule has 2 rings (SSSR count). The van der Waals surface area contributed by atoms with E-state index in [0.29, 0.717) is 10.8 Å². The Morgan fingerprint density at radius 2 is 1.87 bits per heavy atom. The molecule has 0 aliphatic carbocycles. The molecule has 0 aromatic heterocycles. The summed E-state index contributed by atoms with van der Waals surface area (Å²) in [6, 6.07) is 5.73. The van der Waals surface area contributed by atoms with Gasteiger partial charge >= 0.3 is 0 Å². The smallest absolute Gasteiger partial charge is 0.226 e. The Hall–Kier alpha value is -1.38. The molecule has 1 amide bonds. The Bertz CT molecular complexity index is 525. The van der Waals surface area contributed by atoms with Crippen LogP contribution in [0, 0.1) is 0 Å². The number of piperidine rings is 1. The maximum atomic E-state index is 12.2. The molecule has 1 fully saturated rings. The first-order chi connectivity index (χ1) is 10.9. The lowest BCUT2D eigenvalue weighted by Crippen LogP contribution is -2.63. The van der Waals surface area contributed by atoms with Crippen LogP contribution in [0.25, 0.3) is 0 Å². The molecule has 1 aromatic rings. The largest absolute Gasteiger partial charge is 0.493 e. The molecule has 7 nitrogen and oxygen atoms in total. The van der Waals surface area contributed by atoms with Crippen molar-refractivity contribution in [3.05, 3.63) is 29.3 Å². The number of carbonyl (C=O) groups excluding carboxylic acids is 1. The first kappa shape index (κ1) is 18.0. The van der Waals surface area contributed by atoms with Crippen LogP contribution in [0.5, 0.6) is 5.75 Å². The van der Waals surface area contributed by atoms with Crippen molar-refractivity contribution in [3.63, 3.8) is 0 Å². The van der Waals surface area contributed by atoms with Gasteiger partial charge in [0.15, 0.2) is 0 Å². The summed E-state index contributed by atoms with van der Waals surface area (Å²) in [6.07, 6.45) is -4.03. The Kier molecular flexibility index (Phi) is 6.20. The average molecular weight is 346 g/mol. The fourth-order valence-corrected chi connectivity index (χ4v) is 2.63. The quantitative estimate of drug-likeness (QED) is 0.567. The van der Waals surface area contributed by atoms with Gasteiger partial charge in [0.2, 0.25) is 5.91 Å². The summed E-state index contributed by atoms with van der Waals surface area (Å²) in [5.41, 5.74) is 0. The van der Waals surface area contributed by atoms with Crippen LogP contribution in [0.3, 0.4) is 0 Å². The van der Waals surface area contributed by atoms with Crippen LogP contribution < -0.4 is 4.74 Å². The number of hydrogen-bond acceptors (Lipinski definition) is 6. The molecule has 0 saturated carbocycles. The van der Waals surface area contributed by atoms with Gasteiger partial charge in [-0.15, -0.1) is 0 Å². The van der Waals surface area contributed by atoms with Crippen molar-refractivity contribution < 1.29 is 30.0 Å². The van der Waals surface area contributed by atoms with Gasteiger partial charge in [0.1, 0.15) is 24.1 Å². The molecule has 1 aliphatic rings. The Balaban J connectivity index is 1.89. The maximum Gasteiger partial charge on any atom is 0.226 e. The van der Waals surface area contributed by atoms with E-state index >= 15 is 0 Å². The van der Waals surface area contributed by atoms with Crippen molar-refractivity contribution in [3.8, 4) is 5.75 Å². The second kappa shape index (κ2) is 7.94. The highest BCUT2D eigenvalue weighted by Gasteiger charge is 2.42. The zero-order chi connectivity index (χ0) is 17.0. The summed E-state index contributed by atoms with van der Waals surface area (Å²) in [5.74, 6) is 0.179. The molecule has 0 spiro atoms. The molecule has 1 aliphatic heterocycles. The monoisotopic (exact) mass is 345 g/mol. The molecule has 128 valence electrons. The molecule has 0 unspecified atom stereocenters. The Morgan fingerprint density at radius 3 is 2.48 bits per heavy atom. The lowest BCUT2D eigenvalue weighted by molar-refractivity contribution is -0.166. The number of likely N-dealkylation sites (tertiary alicyclic amines) is 1. The molecule has 1 aromatic carbocycles. The lowest BCUT2D eigenvalue weighted by atomic mass is 9.94. The zero-order valence-electron chi connectivity index (χ0n) is 12.4. The minimum atomic E-state index is -1.40. The highest BCUT2D eigenvalue weighted by Crippen LogP contribution is 2.20. The van der Waals surface area contributed by atoms with Crippen LogP contribution in [0.1, 0.15) is 6.42 Å². The topological polar surface area (TPSA) is 110 Å². The molecular weight excluding hydrogens is 326 g/mol. The van der Waals surface area contributed by atoms with Gasteiger partial charge < -0.3 is 30.1 Å². The van der Waals surface area contributed by atoms with Gasteiger partial charge in [-0.05, 0) is 24.3 Å². The molecule has 8 heteroatoms. The third kappa shape index (κ3) is 4.33. The molecule has 4 N–H and O–H groups in total. The second-order valence-electron chi connectivity index (χ2n) is 5.40. The predicted molar refractivity (Wildman–Crippen MR) is 82.2 cm³/mol. The maximum absolute atomic E-state index is 12.2. The van der Waals surface area contributed by atoms with E-state index in [1.165, 1.54) is 4.90 Å². The number of benzene rings is 1. The molecule has 1 saturated heterocycles. The summed E-state index contributed by atoms with van der Waals surface area (Å²) < 4.78 is 5.42. The first-order valence-electron chi connectivity index (χ1n) is 7.27. The van der Waals surface area contributed by atoms with Crippen molar-refractivity contribution in [2.45, 2.75) is 30.8 Å². The van der Waals surface area contributed by atoms with Crippen molar-refractivity contribution in [2.75, 3.05) is 19.8 Å². The van der Waals surface area contributed by atoms with E-state index in [1.54, 1.807) is 24.3 Å². The fraction of sp³-hybridized carbons (Fsp3) is 0.533. The highest BCUT2D eigenvalue weighted by molar-refractivity contribution is 6.30. The number of amides is 1. The van der Waals surface area contributed by atoms with E-state index in [-0.39, 0.29) is 25.5 Å². The normalized spacial score (nSPS) is 27.8. The third-order valence-corrected chi connectivity index (χ3v) is 4.08. The van der Waals surface area contributed by atoms with Crippen molar-refractivity contribution in [2.24, 2.45) is 0 Å². The van der Waals surface area contributed by atoms with Crippen LogP contribution >= 0.6 is 11.6 Å². The van der Waals surface area contributed by atoms with Crippen LogP contribution in [0.4, 0.5) is 0 Å². The van der Waals surface area contributed by atoms with Crippen LogP contribution in [-0.4, -0.2) is 75.3 Å². The summed E-state index contributed by atoms with van der Waals surface area (Å²) in [6.45, 7) is -0.554. The lowest BCUT2D eigenvalue weighted by Gasteiger charge is -2.43. The molecular formula is C15H20ClNO6. The number of hydrogen-bond donors (Lipinski definition) is 4. The highest BCUT2D eigenvalue weighted by atomic mass is 35.5. The molecule has 0 bridgehead atoms. The van der Waals surface area contributed by atoms with E-state index in [9.17, 15) is 25.2 Å². The van der Waals surface area contributed by atoms with Crippen LogP contribution in [0.15, 0.2) is 24.3 Å². The molecule has 4 atom stereocenters. The number of β-amino-alcohol motifs (C(OH)–C–C–N with tert-alkyl or cyclic N) is 1. The molecule has 23 heavy (non-hydrogen) atoms. The molecule has 1 heterocycles. The van der Waals surface area contributed by atoms with Crippen LogP contribution in [-0.2, 0) is 4.79 Å². The molecule has 0 radical (unpaired) electrons. The van der Waals surface area contributed by atoms with Gasteiger partial charge in [-0.1, -0.05) is 11.6 Å². The van der Waals surface area contributed by atoms with Gasteiger partial charge in [0.05, 0.1) is 25.7 Å². The summed E-state index contributed by atoms with van der Waals surface area (Å²) in [5, 5.41) is 39.0. The van der Waals surface area contributed by atoms with E-state index in [2.05, 4.69) is 0 Å². The summed E-state index contributed by atoms with van der Waals surface area (Å²) in [7, 11) is 0. The SMILES string of the molecule is O=C(CCOc1ccc(Cl)cc1)N1C[C@H](O)[C@@H](O)[C@H](O)[C@H]1CO.